The molecule has 1 heterocycles. The number of nitrogens with one attached hydrogen (secondary N) is 2. The summed E-state index contributed by atoms with van der Waals surface area (Å²) < 4.78 is 22.2. The summed E-state index contributed by atoms with van der Waals surface area (Å²) in [5.74, 6) is -0.107. The van der Waals surface area contributed by atoms with Crippen LogP contribution >= 0.6 is 0 Å². The maximum absolute atomic E-state index is 11.7. The van der Waals surface area contributed by atoms with Gasteiger partial charge in [-0.1, -0.05) is 24.3 Å². The Morgan fingerprint density at radius 2 is 2.05 bits per heavy atom. The van der Waals surface area contributed by atoms with Crippen molar-refractivity contribution in [1.29, 1.82) is 0 Å². The highest BCUT2D eigenvalue weighted by molar-refractivity contribution is 7.89. The van der Waals surface area contributed by atoms with Crippen molar-refractivity contribution in [3.05, 3.63) is 42.0 Å². The third-order valence-electron chi connectivity index (χ3n) is 2.79. The molecule has 2 rings (SSSR count). The summed E-state index contributed by atoms with van der Waals surface area (Å²) in [6.07, 6.45) is 3.70. The Balaban J connectivity index is 1.93. The molecule has 0 saturated heterocycles. The smallest absolute Gasteiger partial charge is 0.241 e. The third-order valence-corrected chi connectivity index (χ3v) is 3.71. The van der Waals surface area contributed by atoms with Gasteiger partial charge in [0.25, 0.3) is 0 Å². The first-order valence-corrected chi connectivity index (χ1v) is 7.31. The van der Waals surface area contributed by atoms with Gasteiger partial charge >= 0.3 is 0 Å². The molecule has 0 saturated carbocycles. The van der Waals surface area contributed by atoms with Crippen molar-refractivity contribution in [3.63, 3.8) is 0 Å². The third kappa shape index (κ3) is 3.63. The number of carbonyl (C=O) groups excluding carboxylic acids is 1. The highest BCUT2D eigenvalue weighted by atomic mass is 32.2. The summed E-state index contributed by atoms with van der Waals surface area (Å²) in [6, 6.07) is 5.80. The van der Waals surface area contributed by atoms with Gasteiger partial charge in [-0.3, -0.25) is 10.1 Å². The van der Waals surface area contributed by atoms with E-state index in [-0.39, 0.29) is 16.8 Å². The van der Waals surface area contributed by atoms with Gasteiger partial charge in [0.1, 0.15) is 6.04 Å². The summed E-state index contributed by atoms with van der Waals surface area (Å²) in [5.41, 5.74) is 0.808. The van der Waals surface area contributed by atoms with Crippen LogP contribution in [-0.4, -0.2) is 26.9 Å². The van der Waals surface area contributed by atoms with Crippen LogP contribution in [0.5, 0.6) is 0 Å². The molecule has 0 radical (unpaired) electrons. The minimum Gasteiger partial charge on any atom is -0.350 e. The molecule has 19 heavy (non-hydrogen) atoms. The molecule has 102 valence electrons. The van der Waals surface area contributed by atoms with Gasteiger partial charge in [0.05, 0.1) is 4.90 Å². The summed E-state index contributed by atoms with van der Waals surface area (Å²) in [5, 5.41) is 10.8. The molecule has 6 nitrogen and oxygen atoms in total. The Morgan fingerprint density at radius 1 is 1.37 bits per heavy atom. The van der Waals surface area contributed by atoms with Crippen molar-refractivity contribution in [2.24, 2.45) is 5.14 Å². The van der Waals surface area contributed by atoms with Crippen molar-refractivity contribution >= 4 is 15.9 Å². The molecule has 4 N–H and O–H groups in total. The van der Waals surface area contributed by atoms with Crippen LogP contribution in [0.2, 0.25) is 0 Å². The summed E-state index contributed by atoms with van der Waals surface area (Å²) in [4.78, 5) is 11.8. The second-order valence-corrected chi connectivity index (χ2v) is 5.78. The van der Waals surface area contributed by atoms with Gasteiger partial charge in [0.15, 0.2) is 0 Å². The van der Waals surface area contributed by atoms with E-state index in [1.165, 1.54) is 12.1 Å². The number of hydrogen-bond donors (Lipinski definition) is 3. The van der Waals surface area contributed by atoms with Gasteiger partial charge in [0, 0.05) is 13.1 Å². The van der Waals surface area contributed by atoms with E-state index in [1.54, 1.807) is 18.2 Å². The van der Waals surface area contributed by atoms with Crippen LogP contribution in [-0.2, 0) is 21.4 Å². The maximum Gasteiger partial charge on any atom is 0.241 e. The number of rotatable bonds is 4. The number of nitrogens with two attached hydrogens (primary N) is 1. The highest BCUT2D eigenvalue weighted by Gasteiger charge is 2.16. The molecule has 1 aliphatic heterocycles. The number of benzene rings is 1. The van der Waals surface area contributed by atoms with Crippen molar-refractivity contribution in [2.75, 3.05) is 6.54 Å². The molecular formula is C12H15N3O3S. The molecule has 0 aliphatic carbocycles. The lowest BCUT2D eigenvalue weighted by molar-refractivity contribution is -0.122. The van der Waals surface area contributed by atoms with Gasteiger partial charge in [-0.15, -0.1) is 0 Å². The topological polar surface area (TPSA) is 101 Å². The minimum absolute atomic E-state index is 0.0583. The first kappa shape index (κ1) is 13.7. The number of hydrogen-bond acceptors (Lipinski definition) is 4. The van der Waals surface area contributed by atoms with Crippen LogP contribution in [0.4, 0.5) is 0 Å². The van der Waals surface area contributed by atoms with Gasteiger partial charge < -0.3 is 5.32 Å². The molecule has 1 amide bonds. The van der Waals surface area contributed by atoms with Crippen LogP contribution in [0.25, 0.3) is 0 Å². The van der Waals surface area contributed by atoms with Crippen LogP contribution < -0.4 is 15.8 Å². The SMILES string of the molecule is NS(=O)(=O)c1ccc(CNC(=O)[C@H]2C=CCN2)cc1. The Bertz CT molecular complexity index is 593. The fourth-order valence-corrected chi connectivity index (χ4v) is 2.26. The summed E-state index contributed by atoms with van der Waals surface area (Å²) in [6.45, 7) is 1.04. The number of amides is 1. The van der Waals surface area contributed by atoms with E-state index in [9.17, 15) is 13.2 Å². The number of primary sulfonamides is 1. The largest absolute Gasteiger partial charge is 0.350 e. The lowest BCUT2D eigenvalue weighted by Crippen LogP contribution is -2.40. The zero-order valence-electron chi connectivity index (χ0n) is 10.2. The second-order valence-electron chi connectivity index (χ2n) is 4.22. The second kappa shape index (κ2) is 5.52. The number of sulfonamides is 1. The van der Waals surface area contributed by atoms with E-state index >= 15 is 0 Å². The maximum atomic E-state index is 11.7. The molecule has 1 aliphatic rings. The molecule has 1 aromatic rings. The molecule has 0 unspecified atom stereocenters. The van der Waals surface area contributed by atoms with Gasteiger partial charge in [0.2, 0.25) is 15.9 Å². The molecule has 0 fully saturated rings. The summed E-state index contributed by atoms with van der Waals surface area (Å²) in [7, 11) is -3.67. The van der Waals surface area contributed by atoms with E-state index < -0.39 is 10.0 Å². The fraction of sp³-hybridized carbons (Fsp3) is 0.250. The van der Waals surface area contributed by atoms with E-state index in [2.05, 4.69) is 10.6 Å². The van der Waals surface area contributed by atoms with E-state index in [1.807, 2.05) is 6.08 Å². The lowest BCUT2D eigenvalue weighted by atomic mass is 10.2. The minimum atomic E-state index is -3.67. The predicted molar refractivity (Wildman–Crippen MR) is 70.6 cm³/mol. The van der Waals surface area contributed by atoms with Crippen molar-refractivity contribution in [1.82, 2.24) is 10.6 Å². The van der Waals surface area contributed by atoms with E-state index in [0.717, 1.165) is 5.56 Å². The lowest BCUT2D eigenvalue weighted by Gasteiger charge is -2.10. The van der Waals surface area contributed by atoms with Gasteiger partial charge in [-0.25, -0.2) is 13.6 Å². The Hall–Kier alpha value is -1.70. The van der Waals surface area contributed by atoms with E-state index in [4.69, 9.17) is 5.14 Å². The Morgan fingerprint density at radius 3 is 2.58 bits per heavy atom. The molecule has 0 bridgehead atoms. The van der Waals surface area contributed by atoms with Gasteiger partial charge in [-0.05, 0) is 17.7 Å². The molecule has 1 atom stereocenters. The molecule has 7 heteroatoms. The Kier molecular flexibility index (Phi) is 3.98. The zero-order chi connectivity index (χ0) is 13.9. The average Bonchev–Trinajstić information content (AvgIpc) is 2.89. The van der Waals surface area contributed by atoms with Crippen LogP contribution in [0.15, 0.2) is 41.3 Å². The van der Waals surface area contributed by atoms with Crippen molar-refractivity contribution in [2.45, 2.75) is 17.5 Å². The van der Waals surface area contributed by atoms with Crippen LogP contribution in [0.1, 0.15) is 5.56 Å². The first-order valence-electron chi connectivity index (χ1n) is 5.76. The molecule has 0 spiro atoms. The normalized spacial score (nSPS) is 18.5. The van der Waals surface area contributed by atoms with E-state index in [0.29, 0.717) is 13.1 Å². The Labute approximate surface area is 111 Å². The van der Waals surface area contributed by atoms with Crippen molar-refractivity contribution < 1.29 is 13.2 Å². The monoisotopic (exact) mass is 281 g/mol. The van der Waals surface area contributed by atoms with Crippen molar-refractivity contribution in [3.8, 4) is 0 Å². The fourth-order valence-electron chi connectivity index (χ4n) is 1.74. The molecule has 0 aromatic heterocycles. The molecular weight excluding hydrogens is 266 g/mol. The molecule has 1 aromatic carbocycles. The average molecular weight is 281 g/mol. The quantitative estimate of drug-likeness (QED) is 0.646. The zero-order valence-corrected chi connectivity index (χ0v) is 11.0. The summed E-state index contributed by atoms with van der Waals surface area (Å²) >= 11 is 0. The number of carbonyl (C=O) groups is 1. The highest BCUT2D eigenvalue weighted by Crippen LogP contribution is 2.08. The first-order chi connectivity index (χ1) is 8.97. The van der Waals surface area contributed by atoms with Gasteiger partial charge in [-0.2, -0.15) is 0 Å². The van der Waals surface area contributed by atoms with Crippen LogP contribution in [0, 0.1) is 0 Å². The standard InChI is InChI=1S/C12H15N3O3S/c13-19(17,18)10-5-3-9(4-6-10)8-15-12(16)11-2-1-7-14-11/h1-6,11,14H,7-8H2,(H,15,16)(H2,13,17,18)/t11-/m1/s1. The van der Waals surface area contributed by atoms with Crippen LogP contribution in [0.3, 0.4) is 0 Å². The predicted octanol–water partition coefficient (Wildman–Crippen LogP) is -0.522.